The highest BCUT2D eigenvalue weighted by atomic mass is 16.3. The fourth-order valence-electron chi connectivity index (χ4n) is 6.92. The summed E-state index contributed by atoms with van der Waals surface area (Å²) in [6, 6.07) is 5.83. The van der Waals surface area contributed by atoms with Crippen molar-refractivity contribution in [2.24, 2.45) is 5.92 Å². The van der Waals surface area contributed by atoms with Gasteiger partial charge in [-0.25, -0.2) is 0 Å². The van der Waals surface area contributed by atoms with Crippen LogP contribution in [-0.2, 0) is 20.8 Å². The second-order valence-electron chi connectivity index (χ2n) is 11.6. The van der Waals surface area contributed by atoms with Crippen LogP contribution < -0.4 is 16.0 Å². The van der Waals surface area contributed by atoms with E-state index < -0.39 is 30.3 Å². The molecular weight excluding hydrogens is 482 g/mol. The van der Waals surface area contributed by atoms with Crippen LogP contribution in [0.3, 0.4) is 0 Å². The number of piperazine rings is 1. The van der Waals surface area contributed by atoms with Gasteiger partial charge in [-0.15, -0.1) is 0 Å². The molecule has 9 heteroatoms. The van der Waals surface area contributed by atoms with Crippen molar-refractivity contribution >= 4 is 17.7 Å². The molecule has 1 saturated carbocycles. The Kier molecular flexibility index (Phi) is 8.35. The van der Waals surface area contributed by atoms with Gasteiger partial charge < -0.3 is 26.0 Å². The van der Waals surface area contributed by atoms with Gasteiger partial charge in [0.1, 0.15) is 12.1 Å². The van der Waals surface area contributed by atoms with Crippen LogP contribution in [0.25, 0.3) is 0 Å². The van der Waals surface area contributed by atoms with Gasteiger partial charge in [0.25, 0.3) is 0 Å². The Morgan fingerprint density at radius 2 is 1.79 bits per heavy atom. The zero-order valence-corrected chi connectivity index (χ0v) is 22.7. The summed E-state index contributed by atoms with van der Waals surface area (Å²) in [5.74, 6) is -0.505. The molecule has 38 heavy (non-hydrogen) atoms. The van der Waals surface area contributed by atoms with E-state index in [4.69, 9.17) is 0 Å². The molecule has 0 spiro atoms. The van der Waals surface area contributed by atoms with Crippen LogP contribution in [0.2, 0.25) is 0 Å². The average molecular weight is 526 g/mol. The normalized spacial score (nSPS) is 29.3. The third kappa shape index (κ3) is 5.46. The zero-order chi connectivity index (χ0) is 26.8. The Labute approximate surface area is 225 Å². The highest BCUT2D eigenvalue weighted by molar-refractivity contribution is 5.93. The van der Waals surface area contributed by atoms with Crippen molar-refractivity contribution in [1.82, 2.24) is 25.8 Å². The van der Waals surface area contributed by atoms with Gasteiger partial charge in [0.2, 0.25) is 17.7 Å². The van der Waals surface area contributed by atoms with E-state index >= 15 is 0 Å². The Hall–Kier alpha value is -2.49. The number of aliphatic hydroxyl groups is 1. The molecule has 0 unspecified atom stereocenters. The zero-order valence-electron chi connectivity index (χ0n) is 22.7. The Morgan fingerprint density at radius 1 is 1.03 bits per heavy atom. The van der Waals surface area contributed by atoms with Crippen LogP contribution in [0.4, 0.5) is 0 Å². The fraction of sp³-hybridized carbons (Fsp3) is 0.690. The van der Waals surface area contributed by atoms with Crippen LogP contribution in [0.15, 0.2) is 24.3 Å². The van der Waals surface area contributed by atoms with Crippen molar-refractivity contribution in [2.75, 3.05) is 26.7 Å². The van der Waals surface area contributed by atoms with Gasteiger partial charge in [-0.1, -0.05) is 43.5 Å². The van der Waals surface area contributed by atoms with Crippen molar-refractivity contribution in [2.45, 2.75) is 94.6 Å². The molecule has 9 nitrogen and oxygen atoms in total. The number of hydrogen-bond acceptors (Lipinski definition) is 6. The van der Waals surface area contributed by atoms with E-state index in [1.54, 1.807) is 18.9 Å². The summed E-state index contributed by atoms with van der Waals surface area (Å²) < 4.78 is 0. The third-order valence-electron chi connectivity index (χ3n) is 9.29. The molecule has 6 atom stereocenters. The van der Waals surface area contributed by atoms with Crippen molar-refractivity contribution < 1.29 is 19.5 Å². The van der Waals surface area contributed by atoms with E-state index in [2.05, 4.69) is 20.9 Å². The van der Waals surface area contributed by atoms with Gasteiger partial charge in [-0.3, -0.25) is 19.3 Å². The first-order chi connectivity index (χ1) is 18.4. The maximum absolute atomic E-state index is 14.3. The van der Waals surface area contributed by atoms with Crippen molar-refractivity contribution in [3.05, 3.63) is 35.4 Å². The number of carbonyl (C=O) groups is 3. The molecule has 0 radical (unpaired) electrons. The molecule has 2 heterocycles. The van der Waals surface area contributed by atoms with Crippen LogP contribution >= 0.6 is 0 Å². The summed E-state index contributed by atoms with van der Waals surface area (Å²) >= 11 is 0. The number of hydrogen-bond donors (Lipinski definition) is 4. The van der Waals surface area contributed by atoms with Crippen molar-refractivity contribution in [1.29, 1.82) is 0 Å². The van der Waals surface area contributed by atoms with Crippen LogP contribution in [-0.4, -0.2) is 89.6 Å². The highest BCUT2D eigenvalue weighted by Crippen LogP contribution is 2.33. The van der Waals surface area contributed by atoms with Gasteiger partial charge in [0, 0.05) is 25.6 Å². The van der Waals surface area contributed by atoms with Crippen LogP contribution in [0, 0.1) is 5.92 Å². The Bertz CT molecular complexity index is 1030. The number of aliphatic hydroxyl groups excluding tert-OH is 1. The maximum Gasteiger partial charge on any atom is 0.246 e. The van der Waals surface area contributed by atoms with Gasteiger partial charge in [0.05, 0.1) is 18.2 Å². The molecule has 1 aromatic rings. The molecule has 0 bridgehead atoms. The largest absolute Gasteiger partial charge is 0.390 e. The molecule has 2 aliphatic carbocycles. The summed E-state index contributed by atoms with van der Waals surface area (Å²) in [5.41, 5.74) is 1.98. The van der Waals surface area contributed by atoms with E-state index in [1.807, 2.05) is 24.3 Å². The van der Waals surface area contributed by atoms with Crippen molar-refractivity contribution in [3.8, 4) is 0 Å². The average Bonchev–Trinajstić information content (AvgIpc) is 3.53. The number of likely N-dealkylation sites (N-methyl/N-ethyl adjacent to an activating group) is 1. The SMILES string of the molecule is CN[C@@H](C)C(=O)N[C@H](C(=O)N1C[C@H]2CCCN2C[C@H]1C(=O)N[C@H]1c2ccccc2C[C@@H]1O)C1CCCCC1. The minimum atomic E-state index is -0.694. The molecule has 0 aromatic heterocycles. The molecule has 3 amide bonds. The first-order valence-electron chi connectivity index (χ1n) is 14.5. The van der Waals surface area contributed by atoms with Gasteiger partial charge in [0.15, 0.2) is 0 Å². The number of fused-ring (bicyclic) bond motifs is 2. The summed E-state index contributed by atoms with van der Waals surface area (Å²) in [5, 5.41) is 19.9. The molecular formula is C29H43N5O4. The minimum absolute atomic E-state index is 0.0677. The topological polar surface area (TPSA) is 114 Å². The number of carbonyl (C=O) groups excluding carboxylic acids is 3. The lowest BCUT2D eigenvalue weighted by Gasteiger charge is -2.45. The number of rotatable bonds is 7. The molecule has 3 fully saturated rings. The maximum atomic E-state index is 14.3. The van der Waals surface area contributed by atoms with E-state index in [9.17, 15) is 19.5 Å². The summed E-state index contributed by atoms with van der Waals surface area (Å²) in [6.07, 6.45) is 6.91. The van der Waals surface area contributed by atoms with Gasteiger partial charge >= 0.3 is 0 Å². The summed E-state index contributed by atoms with van der Waals surface area (Å²) in [4.78, 5) is 45.1. The molecule has 4 N–H and O–H groups in total. The van der Waals surface area contributed by atoms with E-state index in [1.165, 1.54) is 0 Å². The number of amides is 3. The Balaban J connectivity index is 1.39. The molecule has 4 aliphatic rings. The van der Waals surface area contributed by atoms with Crippen molar-refractivity contribution in [3.63, 3.8) is 0 Å². The minimum Gasteiger partial charge on any atom is -0.390 e. The van der Waals surface area contributed by atoms with E-state index in [0.717, 1.165) is 62.6 Å². The second-order valence-corrected chi connectivity index (χ2v) is 11.6. The number of benzene rings is 1. The number of nitrogens with zero attached hydrogens (tertiary/aromatic N) is 2. The highest BCUT2D eigenvalue weighted by Gasteiger charge is 2.46. The standard InChI is InChI=1S/C29H43N5O4/c1-18(30-2)27(36)31-25(19-9-4-3-5-10-19)29(38)34-16-21-12-8-14-33(21)17-23(34)28(37)32-26-22-13-7-6-11-20(22)15-24(26)35/h6-7,11,13,18-19,21,23-26,30,35H,3-5,8-10,12,14-17H2,1-2H3,(H,31,36)(H,32,37)/t18-,21+,23-,24-,25-,26-/m0/s1. The molecule has 5 rings (SSSR count). The lowest BCUT2D eigenvalue weighted by Crippen LogP contribution is -2.66. The predicted molar refractivity (Wildman–Crippen MR) is 144 cm³/mol. The third-order valence-corrected chi connectivity index (χ3v) is 9.29. The molecule has 1 aromatic carbocycles. The summed E-state index contributed by atoms with van der Waals surface area (Å²) in [7, 11) is 1.73. The molecule has 2 saturated heterocycles. The second kappa shape index (κ2) is 11.7. The van der Waals surface area contributed by atoms with Gasteiger partial charge in [-0.05, 0) is 63.2 Å². The summed E-state index contributed by atoms with van der Waals surface area (Å²) in [6.45, 7) is 3.68. The van der Waals surface area contributed by atoms with Crippen LogP contribution in [0.5, 0.6) is 0 Å². The molecule has 2 aliphatic heterocycles. The Morgan fingerprint density at radius 3 is 2.55 bits per heavy atom. The van der Waals surface area contributed by atoms with Gasteiger partial charge in [-0.2, -0.15) is 0 Å². The van der Waals surface area contributed by atoms with E-state index in [0.29, 0.717) is 19.5 Å². The predicted octanol–water partition coefficient (Wildman–Crippen LogP) is 1.11. The fourth-order valence-corrected chi connectivity index (χ4v) is 6.92. The first-order valence-corrected chi connectivity index (χ1v) is 14.5. The lowest BCUT2D eigenvalue weighted by molar-refractivity contribution is -0.149. The first kappa shape index (κ1) is 27.1. The monoisotopic (exact) mass is 525 g/mol. The quantitative estimate of drug-likeness (QED) is 0.424. The lowest BCUT2D eigenvalue weighted by atomic mass is 9.82. The van der Waals surface area contributed by atoms with E-state index in [-0.39, 0.29) is 29.7 Å². The molecule has 208 valence electrons. The number of nitrogens with one attached hydrogen (secondary N) is 3. The smallest absolute Gasteiger partial charge is 0.246 e. The van der Waals surface area contributed by atoms with Crippen LogP contribution in [0.1, 0.15) is 69.0 Å².